The van der Waals surface area contributed by atoms with Gasteiger partial charge in [-0.3, -0.25) is 14.2 Å². The number of aromatic nitrogens is 7. The molecule has 3 aromatic heterocycles. The van der Waals surface area contributed by atoms with Crippen molar-refractivity contribution in [2.45, 2.75) is 13.0 Å². The number of anilines is 3. The molecule has 33 heavy (non-hydrogen) atoms. The number of hydrogen-bond acceptors (Lipinski definition) is 9. The van der Waals surface area contributed by atoms with Crippen molar-refractivity contribution in [1.29, 1.82) is 0 Å². The van der Waals surface area contributed by atoms with Gasteiger partial charge in [-0.1, -0.05) is 6.07 Å². The van der Waals surface area contributed by atoms with Crippen LogP contribution < -0.4 is 21.1 Å². The molecule has 4 rings (SSSR count). The number of aryl methyl sites for hydroxylation is 2. The molecule has 12 heteroatoms. The highest BCUT2D eigenvalue weighted by atomic mass is 16.5. The number of nitrogens with one attached hydrogen (secondary N) is 2. The predicted octanol–water partition coefficient (Wildman–Crippen LogP) is 1.82. The quantitative estimate of drug-likeness (QED) is 0.309. The van der Waals surface area contributed by atoms with Crippen molar-refractivity contribution in [3.05, 3.63) is 54.7 Å². The van der Waals surface area contributed by atoms with E-state index < -0.39 is 5.91 Å². The Labute approximate surface area is 189 Å². The predicted molar refractivity (Wildman–Crippen MR) is 122 cm³/mol. The first kappa shape index (κ1) is 21.7. The van der Waals surface area contributed by atoms with Crippen LogP contribution in [-0.2, 0) is 13.6 Å². The number of benzene rings is 1. The molecule has 0 saturated carbocycles. The molecule has 0 unspecified atom stereocenters. The van der Waals surface area contributed by atoms with E-state index in [0.29, 0.717) is 35.3 Å². The Kier molecular flexibility index (Phi) is 6.43. The summed E-state index contributed by atoms with van der Waals surface area (Å²) in [5.41, 5.74) is 6.97. The first-order valence-electron chi connectivity index (χ1n) is 10.2. The standard InChI is InChI=1S/C21H24N10O2/c1-30-13-25-19(29-30)14-6-3-7-16(17(14)33-2)27-20-15(18(22)32)12-24-21(28-20)23-8-4-10-31-11-5-9-26-31/h3,5-7,9,11-13H,4,8,10H2,1-2H3,(H2,22,32)(H2,23,24,27,28). The molecule has 0 spiro atoms. The Morgan fingerprint density at radius 3 is 2.82 bits per heavy atom. The summed E-state index contributed by atoms with van der Waals surface area (Å²) in [4.78, 5) is 24.9. The Morgan fingerprint density at radius 2 is 2.12 bits per heavy atom. The van der Waals surface area contributed by atoms with E-state index in [2.05, 4.69) is 35.8 Å². The first-order chi connectivity index (χ1) is 16.0. The Morgan fingerprint density at radius 1 is 1.24 bits per heavy atom. The lowest BCUT2D eigenvalue weighted by Crippen LogP contribution is -2.17. The number of methoxy groups -OCH3 is 1. The third kappa shape index (κ3) is 5.06. The van der Waals surface area contributed by atoms with Crippen molar-refractivity contribution in [3.8, 4) is 17.1 Å². The molecule has 0 aliphatic heterocycles. The van der Waals surface area contributed by atoms with Crippen LogP contribution in [0, 0.1) is 0 Å². The van der Waals surface area contributed by atoms with E-state index in [0.717, 1.165) is 13.0 Å². The van der Waals surface area contributed by atoms with Crippen molar-refractivity contribution < 1.29 is 9.53 Å². The van der Waals surface area contributed by atoms with E-state index in [1.165, 1.54) is 6.20 Å². The zero-order chi connectivity index (χ0) is 23.2. The van der Waals surface area contributed by atoms with Gasteiger partial charge in [0.05, 0.1) is 18.4 Å². The van der Waals surface area contributed by atoms with Crippen molar-refractivity contribution in [2.24, 2.45) is 12.8 Å². The molecule has 0 aliphatic rings. The van der Waals surface area contributed by atoms with Gasteiger partial charge < -0.3 is 21.1 Å². The summed E-state index contributed by atoms with van der Waals surface area (Å²) in [5, 5.41) is 14.8. The summed E-state index contributed by atoms with van der Waals surface area (Å²) in [6.07, 6.45) is 7.46. The fourth-order valence-corrected chi connectivity index (χ4v) is 3.24. The lowest BCUT2D eigenvalue weighted by Gasteiger charge is -2.15. The third-order valence-corrected chi connectivity index (χ3v) is 4.77. The van der Waals surface area contributed by atoms with Crippen molar-refractivity contribution in [3.63, 3.8) is 0 Å². The second kappa shape index (κ2) is 9.77. The minimum atomic E-state index is -0.649. The number of rotatable bonds is 10. The van der Waals surface area contributed by atoms with Gasteiger partial charge in [-0.15, -0.1) is 0 Å². The van der Waals surface area contributed by atoms with Gasteiger partial charge in [-0.05, 0) is 24.6 Å². The van der Waals surface area contributed by atoms with Gasteiger partial charge in [0.25, 0.3) is 5.91 Å². The molecule has 0 bridgehead atoms. The van der Waals surface area contributed by atoms with Crippen LogP contribution in [-0.4, -0.2) is 54.1 Å². The van der Waals surface area contributed by atoms with E-state index in [4.69, 9.17) is 10.5 Å². The van der Waals surface area contributed by atoms with Gasteiger partial charge in [-0.2, -0.15) is 15.2 Å². The Bertz CT molecular complexity index is 1240. The molecule has 4 aromatic rings. The summed E-state index contributed by atoms with van der Waals surface area (Å²) in [7, 11) is 3.34. The van der Waals surface area contributed by atoms with E-state index >= 15 is 0 Å². The summed E-state index contributed by atoms with van der Waals surface area (Å²) < 4.78 is 9.08. The van der Waals surface area contributed by atoms with E-state index in [1.54, 1.807) is 37.4 Å². The zero-order valence-electron chi connectivity index (χ0n) is 18.3. The number of para-hydroxylation sites is 1. The molecule has 4 N–H and O–H groups in total. The molecule has 1 amide bonds. The smallest absolute Gasteiger partial charge is 0.254 e. The van der Waals surface area contributed by atoms with Gasteiger partial charge in [0.1, 0.15) is 17.7 Å². The maximum Gasteiger partial charge on any atom is 0.254 e. The maximum atomic E-state index is 12.0. The van der Waals surface area contributed by atoms with Gasteiger partial charge in [0.2, 0.25) is 5.95 Å². The molecule has 0 aliphatic carbocycles. The molecule has 3 heterocycles. The zero-order valence-corrected chi connectivity index (χ0v) is 18.3. The number of nitrogens with zero attached hydrogens (tertiary/aromatic N) is 7. The normalized spacial score (nSPS) is 10.7. The fourth-order valence-electron chi connectivity index (χ4n) is 3.24. The monoisotopic (exact) mass is 448 g/mol. The number of hydrogen-bond donors (Lipinski definition) is 3. The number of amides is 1. The van der Waals surface area contributed by atoms with Crippen LogP contribution in [0.2, 0.25) is 0 Å². The summed E-state index contributed by atoms with van der Waals surface area (Å²) >= 11 is 0. The van der Waals surface area contributed by atoms with Crippen LogP contribution in [0.3, 0.4) is 0 Å². The van der Waals surface area contributed by atoms with Crippen molar-refractivity contribution in [1.82, 2.24) is 34.5 Å². The Hall–Kier alpha value is -4.48. The number of carbonyl (C=O) groups excluding carboxylic acids is 1. The molecule has 170 valence electrons. The molecule has 1 aromatic carbocycles. The maximum absolute atomic E-state index is 12.0. The van der Waals surface area contributed by atoms with E-state index in [-0.39, 0.29) is 11.4 Å². The molecule has 0 fully saturated rings. The summed E-state index contributed by atoms with van der Waals surface area (Å²) in [6, 6.07) is 7.36. The van der Waals surface area contributed by atoms with Crippen molar-refractivity contribution in [2.75, 3.05) is 24.3 Å². The summed E-state index contributed by atoms with van der Waals surface area (Å²) in [5.74, 6) is 0.993. The van der Waals surface area contributed by atoms with Crippen LogP contribution in [0.5, 0.6) is 5.75 Å². The van der Waals surface area contributed by atoms with Gasteiger partial charge in [0, 0.05) is 38.7 Å². The van der Waals surface area contributed by atoms with Gasteiger partial charge in [-0.25, -0.2) is 9.97 Å². The molecule has 12 nitrogen and oxygen atoms in total. The lowest BCUT2D eigenvalue weighted by molar-refractivity contribution is 0.100. The fraction of sp³-hybridized carbons (Fsp3) is 0.238. The highest BCUT2D eigenvalue weighted by Crippen LogP contribution is 2.36. The number of ether oxygens (including phenoxy) is 1. The largest absolute Gasteiger partial charge is 0.494 e. The highest BCUT2D eigenvalue weighted by molar-refractivity contribution is 5.98. The number of primary amides is 1. The minimum absolute atomic E-state index is 0.153. The van der Waals surface area contributed by atoms with E-state index in [1.807, 2.05) is 29.1 Å². The first-order valence-corrected chi connectivity index (χ1v) is 10.2. The molecule has 0 saturated heterocycles. The topological polar surface area (TPSA) is 151 Å². The SMILES string of the molecule is COc1c(Nc2nc(NCCCn3cccn3)ncc2C(N)=O)cccc1-c1ncn(C)n1. The van der Waals surface area contributed by atoms with Crippen LogP contribution in [0.4, 0.5) is 17.5 Å². The molecular weight excluding hydrogens is 424 g/mol. The second-order valence-electron chi connectivity index (χ2n) is 7.12. The molecular formula is C21H24N10O2. The molecule has 0 radical (unpaired) electrons. The third-order valence-electron chi connectivity index (χ3n) is 4.77. The van der Waals surface area contributed by atoms with Crippen LogP contribution in [0.15, 0.2) is 49.2 Å². The Balaban J connectivity index is 1.56. The van der Waals surface area contributed by atoms with E-state index in [9.17, 15) is 4.79 Å². The van der Waals surface area contributed by atoms with Gasteiger partial charge >= 0.3 is 0 Å². The van der Waals surface area contributed by atoms with Crippen molar-refractivity contribution >= 4 is 23.4 Å². The minimum Gasteiger partial charge on any atom is -0.494 e. The number of nitrogens with two attached hydrogens (primary N) is 1. The average molecular weight is 448 g/mol. The molecule has 0 atom stereocenters. The van der Waals surface area contributed by atoms with Crippen LogP contribution >= 0.6 is 0 Å². The van der Waals surface area contributed by atoms with Gasteiger partial charge in [0.15, 0.2) is 11.6 Å². The average Bonchev–Trinajstić information content (AvgIpc) is 3.48. The highest BCUT2D eigenvalue weighted by Gasteiger charge is 2.18. The number of carbonyl (C=O) groups is 1. The summed E-state index contributed by atoms with van der Waals surface area (Å²) in [6.45, 7) is 1.38. The second-order valence-corrected chi connectivity index (χ2v) is 7.12. The lowest BCUT2D eigenvalue weighted by atomic mass is 10.1. The van der Waals surface area contributed by atoms with Crippen LogP contribution in [0.25, 0.3) is 11.4 Å². The van der Waals surface area contributed by atoms with Crippen LogP contribution in [0.1, 0.15) is 16.8 Å².